The lowest BCUT2D eigenvalue weighted by atomic mass is 10.1. The Morgan fingerprint density at radius 3 is 2.94 bits per heavy atom. The molecule has 0 bridgehead atoms. The summed E-state index contributed by atoms with van der Waals surface area (Å²) < 4.78 is 15.3. The van der Waals surface area contributed by atoms with Gasteiger partial charge in [0.25, 0.3) is 0 Å². The Morgan fingerprint density at radius 2 is 2.09 bits per heavy atom. The van der Waals surface area contributed by atoms with Gasteiger partial charge < -0.3 is 14.9 Å². The third-order valence-corrected chi connectivity index (χ3v) is 6.40. The summed E-state index contributed by atoms with van der Waals surface area (Å²) in [4.78, 5) is 29.9. The molecule has 5 heterocycles. The number of amides is 1. The van der Waals surface area contributed by atoms with Crippen molar-refractivity contribution >= 4 is 28.4 Å². The molecule has 1 N–H and O–H groups in total. The molecule has 2 aliphatic heterocycles. The number of carbonyl (C=O) groups is 1. The minimum atomic E-state index is -0.447. The van der Waals surface area contributed by atoms with E-state index in [1.807, 2.05) is 17.0 Å². The van der Waals surface area contributed by atoms with E-state index in [1.165, 1.54) is 12.4 Å². The van der Waals surface area contributed by atoms with Gasteiger partial charge in [0.2, 0.25) is 5.91 Å². The van der Waals surface area contributed by atoms with Crippen LogP contribution in [-0.4, -0.2) is 66.4 Å². The predicted octanol–water partition coefficient (Wildman–Crippen LogP) is 2.31. The van der Waals surface area contributed by atoms with Crippen molar-refractivity contribution in [3.05, 3.63) is 60.4 Å². The number of aromatic nitrogens is 5. The van der Waals surface area contributed by atoms with Crippen molar-refractivity contribution in [1.82, 2.24) is 29.6 Å². The molecule has 0 saturated carbocycles. The number of pyridine rings is 1. The number of nitrogens with zero attached hydrogens (tertiary/aromatic N) is 7. The molecular formula is C24H22FN7O2. The SMILES string of the molecule is O=C(Cn1cc(-c2ccc3ncnc(N4CCc5cc(F)ccc54)c3n2)cn1)N1CC[C@@H](O)C1. The second kappa shape index (κ2) is 8.14. The minimum Gasteiger partial charge on any atom is -0.391 e. The molecule has 10 heteroatoms. The van der Waals surface area contributed by atoms with Crippen LogP contribution < -0.4 is 4.90 Å². The van der Waals surface area contributed by atoms with Crippen LogP contribution in [0.4, 0.5) is 15.9 Å². The number of carbonyl (C=O) groups excluding carboxylic acids is 1. The zero-order valence-corrected chi connectivity index (χ0v) is 18.3. The van der Waals surface area contributed by atoms with Crippen LogP contribution in [0.1, 0.15) is 12.0 Å². The molecule has 3 aromatic heterocycles. The standard InChI is InChI=1S/C24H22FN7O2/c25-17-1-4-21-15(9-17)5-8-32(21)24-23-20(26-14-27-24)3-2-19(29-23)16-10-28-31(11-16)13-22(34)30-7-6-18(33)12-30/h1-4,9-11,14,18,33H,5-8,12-13H2/t18-/m1/s1. The number of hydrogen-bond donors (Lipinski definition) is 1. The summed E-state index contributed by atoms with van der Waals surface area (Å²) in [6, 6.07) is 8.55. The molecule has 6 rings (SSSR count). The number of halogens is 1. The number of benzene rings is 1. The highest BCUT2D eigenvalue weighted by Crippen LogP contribution is 2.36. The Balaban J connectivity index is 1.30. The number of β-amino-alcohol motifs (C(OH)–C–C–N with tert-alkyl or cyclic N) is 1. The van der Waals surface area contributed by atoms with E-state index in [9.17, 15) is 14.3 Å². The van der Waals surface area contributed by atoms with Crippen LogP contribution in [0.25, 0.3) is 22.3 Å². The summed E-state index contributed by atoms with van der Waals surface area (Å²) in [5.74, 6) is 0.356. The third kappa shape index (κ3) is 3.65. The molecule has 34 heavy (non-hydrogen) atoms. The maximum absolute atomic E-state index is 13.7. The summed E-state index contributed by atoms with van der Waals surface area (Å²) in [5.41, 5.74) is 4.69. The van der Waals surface area contributed by atoms with Crippen LogP contribution in [0.15, 0.2) is 49.1 Å². The first-order valence-corrected chi connectivity index (χ1v) is 11.2. The zero-order valence-electron chi connectivity index (χ0n) is 18.3. The molecule has 9 nitrogen and oxygen atoms in total. The van der Waals surface area contributed by atoms with Gasteiger partial charge in [-0.3, -0.25) is 9.48 Å². The van der Waals surface area contributed by atoms with Gasteiger partial charge in [-0.05, 0) is 48.7 Å². The molecule has 2 aliphatic rings. The van der Waals surface area contributed by atoms with Crippen LogP contribution in [0.2, 0.25) is 0 Å². The molecule has 4 aromatic rings. The molecule has 0 unspecified atom stereocenters. The van der Waals surface area contributed by atoms with Crippen LogP contribution >= 0.6 is 0 Å². The molecule has 1 atom stereocenters. The largest absolute Gasteiger partial charge is 0.391 e. The molecular weight excluding hydrogens is 437 g/mol. The highest BCUT2D eigenvalue weighted by molar-refractivity contribution is 5.90. The fourth-order valence-corrected chi connectivity index (χ4v) is 4.67. The van der Waals surface area contributed by atoms with Crippen LogP contribution in [0.5, 0.6) is 0 Å². The van der Waals surface area contributed by atoms with Gasteiger partial charge in [-0.2, -0.15) is 5.10 Å². The van der Waals surface area contributed by atoms with E-state index >= 15 is 0 Å². The van der Waals surface area contributed by atoms with Crippen molar-refractivity contribution in [3.63, 3.8) is 0 Å². The average Bonchev–Trinajstić information content (AvgIpc) is 3.58. The van der Waals surface area contributed by atoms with Crippen molar-refractivity contribution in [2.24, 2.45) is 0 Å². The number of likely N-dealkylation sites (tertiary alicyclic amines) is 1. The van der Waals surface area contributed by atoms with Gasteiger partial charge in [0.1, 0.15) is 24.2 Å². The predicted molar refractivity (Wildman–Crippen MR) is 123 cm³/mol. The van der Waals surface area contributed by atoms with Crippen molar-refractivity contribution < 1.29 is 14.3 Å². The maximum atomic E-state index is 13.7. The van der Waals surface area contributed by atoms with Gasteiger partial charge in [-0.25, -0.2) is 19.3 Å². The molecule has 1 fully saturated rings. The van der Waals surface area contributed by atoms with E-state index in [0.29, 0.717) is 48.6 Å². The summed E-state index contributed by atoms with van der Waals surface area (Å²) in [6.45, 7) is 1.72. The van der Waals surface area contributed by atoms with E-state index in [1.54, 1.807) is 34.1 Å². The van der Waals surface area contributed by atoms with Gasteiger partial charge in [0, 0.05) is 37.1 Å². The smallest absolute Gasteiger partial charge is 0.244 e. The molecule has 0 spiro atoms. The minimum absolute atomic E-state index is 0.0718. The van der Waals surface area contributed by atoms with E-state index in [4.69, 9.17) is 4.98 Å². The second-order valence-electron chi connectivity index (χ2n) is 8.65. The highest BCUT2D eigenvalue weighted by Gasteiger charge is 2.26. The Morgan fingerprint density at radius 1 is 1.18 bits per heavy atom. The number of fused-ring (bicyclic) bond motifs is 2. The normalized spacial score (nSPS) is 17.5. The molecule has 1 amide bonds. The van der Waals surface area contributed by atoms with Gasteiger partial charge in [0.05, 0.1) is 23.5 Å². The van der Waals surface area contributed by atoms with Crippen molar-refractivity contribution in [1.29, 1.82) is 0 Å². The molecule has 0 radical (unpaired) electrons. The Hall–Kier alpha value is -3.92. The van der Waals surface area contributed by atoms with E-state index in [-0.39, 0.29) is 18.3 Å². The van der Waals surface area contributed by atoms with E-state index < -0.39 is 6.10 Å². The zero-order chi connectivity index (χ0) is 23.2. The van der Waals surface area contributed by atoms with Crippen molar-refractivity contribution in [3.8, 4) is 11.3 Å². The quantitative estimate of drug-likeness (QED) is 0.500. The van der Waals surface area contributed by atoms with Crippen molar-refractivity contribution in [2.75, 3.05) is 24.5 Å². The fraction of sp³-hybridized carbons (Fsp3) is 0.292. The molecule has 0 aliphatic carbocycles. The lowest BCUT2D eigenvalue weighted by Crippen LogP contribution is -2.32. The first-order chi connectivity index (χ1) is 16.5. The Labute approximate surface area is 194 Å². The Bertz CT molecular complexity index is 1410. The number of hydrogen-bond acceptors (Lipinski definition) is 7. The van der Waals surface area contributed by atoms with Crippen LogP contribution in [0.3, 0.4) is 0 Å². The molecule has 1 saturated heterocycles. The lowest BCUT2D eigenvalue weighted by Gasteiger charge is -2.19. The lowest BCUT2D eigenvalue weighted by molar-refractivity contribution is -0.131. The molecule has 1 aromatic carbocycles. The topological polar surface area (TPSA) is 100 Å². The third-order valence-electron chi connectivity index (χ3n) is 6.40. The Kier molecular flexibility index (Phi) is 4.95. The average molecular weight is 459 g/mol. The monoisotopic (exact) mass is 459 g/mol. The number of rotatable bonds is 4. The summed E-state index contributed by atoms with van der Waals surface area (Å²) >= 11 is 0. The number of aliphatic hydroxyl groups is 1. The first-order valence-electron chi connectivity index (χ1n) is 11.2. The fourth-order valence-electron chi connectivity index (χ4n) is 4.67. The highest BCUT2D eigenvalue weighted by atomic mass is 19.1. The molecule has 172 valence electrons. The van der Waals surface area contributed by atoms with E-state index in [2.05, 4.69) is 15.1 Å². The van der Waals surface area contributed by atoms with Crippen LogP contribution in [-0.2, 0) is 17.8 Å². The summed E-state index contributed by atoms with van der Waals surface area (Å²) in [7, 11) is 0. The number of anilines is 2. The van der Waals surface area contributed by atoms with E-state index in [0.717, 1.165) is 23.2 Å². The van der Waals surface area contributed by atoms with Gasteiger partial charge in [-0.1, -0.05) is 0 Å². The van der Waals surface area contributed by atoms with Gasteiger partial charge in [-0.15, -0.1) is 0 Å². The second-order valence-corrected chi connectivity index (χ2v) is 8.65. The van der Waals surface area contributed by atoms with Gasteiger partial charge in [0.15, 0.2) is 5.82 Å². The van der Waals surface area contributed by atoms with Crippen molar-refractivity contribution in [2.45, 2.75) is 25.5 Å². The number of aliphatic hydroxyl groups excluding tert-OH is 1. The van der Waals surface area contributed by atoms with Crippen LogP contribution in [0, 0.1) is 5.82 Å². The maximum Gasteiger partial charge on any atom is 0.244 e. The summed E-state index contributed by atoms with van der Waals surface area (Å²) in [6.07, 6.45) is 5.87. The van der Waals surface area contributed by atoms with Gasteiger partial charge >= 0.3 is 0 Å². The summed E-state index contributed by atoms with van der Waals surface area (Å²) in [5, 5.41) is 14.0. The first kappa shape index (κ1) is 20.7.